The van der Waals surface area contributed by atoms with E-state index >= 15 is 0 Å². The third-order valence-electron chi connectivity index (χ3n) is 3.54. The Morgan fingerprint density at radius 3 is 2.63 bits per heavy atom. The van der Waals surface area contributed by atoms with Gasteiger partial charge in [-0.1, -0.05) is 30.4 Å². The van der Waals surface area contributed by atoms with Gasteiger partial charge in [-0.25, -0.2) is 0 Å². The van der Waals surface area contributed by atoms with Gasteiger partial charge in [0.2, 0.25) is 0 Å². The number of likely N-dealkylation sites (N-methyl/N-ethyl adjacent to an activating group) is 1. The molecule has 0 aromatic heterocycles. The molecule has 104 valence electrons. The van der Waals surface area contributed by atoms with Crippen molar-refractivity contribution in [1.82, 2.24) is 4.90 Å². The molecule has 0 amide bonds. The first-order valence-corrected chi connectivity index (χ1v) is 6.50. The summed E-state index contributed by atoms with van der Waals surface area (Å²) in [5.41, 5.74) is -0.182. The third kappa shape index (κ3) is 3.60. The van der Waals surface area contributed by atoms with Crippen LogP contribution in [0, 0.1) is 0 Å². The van der Waals surface area contributed by atoms with Crippen LogP contribution >= 0.6 is 0 Å². The molecule has 19 heavy (non-hydrogen) atoms. The highest BCUT2D eigenvalue weighted by Gasteiger charge is 2.33. The second-order valence-electron chi connectivity index (χ2n) is 5.00. The third-order valence-corrected chi connectivity index (χ3v) is 3.54. The van der Waals surface area contributed by atoms with Gasteiger partial charge in [-0.2, -0.15) is 13.2 Å². The Kier molecular flexibility index (Phi) is 4.30. The van der Waals surface area contributed by atoms with Crippen LogP contribution in [-0.4, -0.2) is 18.0 Å². The number of benzene rings is 1. The van der Waals surface area contributed by atoms with Gasteiger partial charge in [0.05, 0.1) is 5.56 Å². The minimum atomic E-state index is -4.28. The standard InChI is InChI=1S/C15H18F3N/c1-19(13-8-3-2-4-9-13)11-12-7-5-6-10-14(12)15(16,17)18/h3,5-8,10,13H,2,4,9,11H2,1H3. The summed E-state index contributed by atoms with van der Waals surface area (Å²) in [6.07, 6.45) is 3.12. The van der Waals surface area contributed by atoms with E-state index in [0.717, 1.165) is 25.3 Å². The van der Waals surface area contributed by atoms with Crippen molar-refractivity contribution in [3.8, 4) is 0 Å². The maximum atomic E-state index is 12.9. The van der Waals surface area contributed by atoms with Crippen LogP contribution in [0.25, 0.3) is 0 Å². The van der Waals surface area contributed by atoms with Gasteiger partial charge in [0, 0.05) is 12.6 Å². The van der Waals surface area contributed by atoms with Gasteiger partial charge in [0.25, 0.3) is 0 Å². The molecule has 1 aromatic rings. The molecule has 1 aromatic carbocycles. The average molecular weight is 269 g/mol. The lowest BCUT2D eigenvalue weighted by molar-refractivity contribution is -0.138. The lowest BCUT2D eigenvalue weighted by Crippen LogP contribution is -2.31. The Morgan fingerprint density at radius 1 is 1.26 bits per heavy atom. The molecule has 0 spiro atoms. The molecule has 1 nitrogen and oxygen atoms in total. The van der Waals surface area contributed by atoms with Crippen LogP contribution in [0.15, 0.2) is 36.4 Å². The second-order valence-corrected chi connectivity index (χ2v) is 5.00. The highest BCUT2D eigenvalue weighted by atomic mass is 19.4. The number of allylic oxidation sites excluding steroid dienone is 1. The van der Waals surface area contributed by atoms with Crippen molar-refractivity contribution in [2.45, 2.75) is 38.0 Å². The van der Waals surface area contributed by atoms with Gasteiger partial charge < -0.3 is 0 Å². The highest BCUT2D eigenvalue weighted by Crippen LogP contribution is 2.32. The Balaban J connectivity index is 2.14. The van der Waals surface area contributed by atoms with E-state index < -0.39 is 11.7 Å². The van der Waals surface area contributed by atoms with E-state index in [4.69, 9.17) is 0 Å². The predicted molar refractivity (Wildman–Crippen MR) is 69.7 cm³/mol. The highest BCUT2D eigenvalue weighted by molar-refractivity contribution is 5.29. The van der Waals surface area contributed by atoms with E-state index in [0.29, 0.717) is 12.1 Å². The fourth-order valence-corrected chi connectivity index (χ4v) is 2.48. The van der Waals surface area contributed by atoms with Crippen molar-refractivity contribution in [2.24, 2.45) is 0 Å². The van der Waals surface area contributed by atoms with Gasteiger partial charge in [-0.05, 0) is 37.9 Å². The van der Waals surface area contributed by atoms with Crippen molar-refractivity contribution < 1.29 is 13.2 Å². The van der Waals surface area contributed by atoms with Gasteiger partial charge >= 0.3 is 6.18 Å². The number of halogens is 3. The van der Waals surface area contributed by atoms with Crippen molar-refractivity contribution >= 4 is 0 Å². The molecule has 0 heterocycles. The predicted octanol–water partition coefficient (Wildman–Crippen LogP) is 4.25. The SMILES string of the molecule is CN(Cc1ccccc1C(F)(F)F)C1C=CCCC1. The van der Waals surface area contributed by atoms with Crippen LogP contribution in [0.5, 0.6) is 0 Å². The quantitative estimate of drug-likeness (QED) is 0.742. The molecule has 0 saturated carbocycles. The Hall–Kier alpha value is -1.29. The summed E-state index contributed by atoms with van der Waals surface area (Å²) in [5, 5.41) is 0. The zero-order chi connectivity index (χ0) is 13.9. The maximum Gasteiger partial charge on any atom is 0.416 e. The number of alkyl halides is 3. The van der Waals surface area contributed by atoms with Crippen LogP contribution in [-0.2, 0) is 12.7 Å². The molecular formula is C15H18F3N. The Bertz CT molecular complexity index is 451. The molecule has 1 atom stereocenters. The van der Waals surface area contributed by atoms with E-state index in [1.165, 1.54) is 6.07 Å². The summed E-state index contributed by atoms with van der Waals surface area (Å²) in [4.78, 5) is 1.99. The van der Waals surface area contributed by atoms with Crippen molar-refractivity contribution in [1.29, 1.82) is 0 Å². The number of rotatable bonds is 3. The number of hydrogen-bond donors (Lipinski definition) is 0. The Morgan fingerprint density at radius 2 is 2.00 bits per heavy atom. The molecule has 1 aliphatic rings. The summed E-state index contributed by atoms with van der Waals surface area (Å²) >= 11 is 0. The fourth-order valence-electron chi connectivity index (χ4n) is 2.48. The van der Waals surface area contributed by atoms with Crippen molar-refractivity contribution in [3.63, 3.8) is 0 Å². The zero-order valence-corrected chi connectivity index (χ0v) is 11.0. The maximum absolute atomic E-state index is 12.9. The molecule has 0 saturated heterocycles. The van der Waals surface area contributed by atoms with E-state index in [-0.39, 0.29) is 6.04 Å². The molecular weight excluding hydrogens is 251 g/mol. The monoisotopic (exact) mass is 269 g/mol. The smallest absolute Gasteiger partial charge is 0.296 e. The minimum Gasteiger partial charge on any atom is -0.296 e. The summed E-state index contributed by atoms with van der Waals surface area (Å²) in [5.74, 6) is 0. The Labute approximate surface area is 111 Å². The van der Waals surface area contributed by atoms with Crippen LogP contribution in [0.2, 0.25) is 0 Å². The summed E-state index contributed by atoms with van der Waals surface area (Å²) in [7, 11) is 1.88. The zero-order valence-electron chi connectivity index (χ0n) is 11.0. The van der Waals surface area contributed by atoms with Crippen LogP contribution in [0.3, 0.4) is 0 Å². The first-order chi connectivity index (χ1) is 8.98. The molecule has 0 bridgehead atoms. The first-order valence-electron chi connectivity index (χ1n) is 6.50. The number of nitrogens with zero attached hydrogens (tertiary/aromatic N) is 1. The van der Waals surface area contributed by atoms with Crippen molar-refractivity contribution in [2.75, 3.05) is 7.05 Å². The summed E-state index contributed by atoms with van der Waals surface area (Å²) in [6, 6.07) is 6.06. The van der Waals surface area contributed by atoms with Crippen LogP contribution < -0.4 is 0 Å². The molecule has 2 rings (SSSR count). The average Bonchev–Trinajstić information content (AvgIpc) is 2.39. The van der Waals surface area contributed by atoms with Crippen molar-refractivity contribution in [3.05, 3.63) is 47.5 Å². The topological polar surface area (TPSA) is 3.24 Å². The molecule has 0 fully saturated rings. The van der Waals surface area contributed by atoms with E-state index in [1.54, 1.807) is 12.1 Å². The lowest BCUT2D eigenvalue weighted by atomic mass is 10.0. The van der Waals surface area contributed by atoms with E-state index in [1.807, 2.05) is 11.9 Å². The molecule has 1 unspecified atom stereocenters. The van der Waals surface area contributed by atoms with Gasteiger partial charge in [-0.3, -0.25) is 4.90 Å². The van der Waals surface area contributed by atoms with Gasteiger partial charge in [0.15, 0.2) is 0 Å². The summed E-state index contributed by atoms with van der Waals surface area (Å²) < 4.78 is 38.7. The second kappa shape index (κ2) is 5.78. The largest absolute Gasteiger partial charge is 0.416 e. The molecule has 1 aliphatic carbocycles. The van der Waals surface area contributed by atoms with Gasteiger partial charge in [0.1, 0.15) is 0 Å². The number of hydrogen-bond acceptors (Lipinski definition) is 1. The summed E-state index contributed by atoms with van der Waals surface area (Å²) in [6.45, 7) is 0.324. The van der Waals surface area contributed by atoms with Crippen LogP contribution in [0.1, 0.15) is 30.4 Å². The minimum absolute atomic E-state index is 0.245. The molecule has 0 aliphatic heterocycles. The van der Waals surface area contributed by atoms with Gasteiger partial charge in [-0.15, -0.1) is 0 Å². The van der Waals surface area contributed by atoms with E-state index in [2.05, 4.69) is 12.2 Å². The lowest BCUT2D eigenvalue weighted by Gasteiger charge is -2.28. The fraction of sp³-hybridized carbons (Fsp3) is 0.467. The molecule has 0 N–H and O–H groups in total. The van der Waals surface area contributed by atoms with E-state index in [9.17, 15) is 13.2 Å². The first kappa shape index (κ1) is 14.1. The van der Waals surface area contributed by atoms with Crippen LogP contribution in [0.4, 0.5) is 13.2 Å². The molecule has 0 radical (unpaired) electrons. The molecule has 4 heteroatoms. The normalized spacial score (nSPS) is 19.9.